The molecule has 1 heterocycles. The molecule has 1 aromatic carbocycles. The van der Waals surface area contributed by atoms with Gasteiger partial charge in [0.15, 0.2) is 0 Å². The van der Waals surface area contributed by atoms with Gasteiger partial charge in [0.05, 0.1) is 0 Å². The van der Waals surface area contributed by atoms with Crippen LogP contribution < -0.4 is 0 Å². The molecule has 23 heavy (non-hydrogen) atoms. The lowest BCUT2D eigenvalue weighted by atomic mass is 9.92. The monoisotopic (exact) mass is 315 g/mol. The van der Waals surface area contributed by atoms with Crippen molar-refractivity contribution in [2.75, 3.05) is 0 Å². The summed E-state index contributed by atoms with van der Waals surface area (Å²) in [6, 6.07) is 16.3. The van der Waals surface area contributed by atoms with Crippen LogP contribution in [0.15, 0.2) is 54.7 Å². The Morgan fingerprint density at radius 2 is 1.22 bits per heavy atom. The summed E-state index contributed by atoms with van der Waals surface area (Å²) in [6.45, 7) is 19.1. The summed E-state index contributed by atoms with van der Waals surface area (Å²) >= 11 is 0. The number of nitrogens with zero attached hydrogens (tertiary/aromatic N) is 1. The van der Waals surface area contributed by atoms with Gasteiger partial charge in [-0.3, -0.25) is 4.98 Å². The SMILES string of the molecule is CC.CC(C)(C)c1ccccn1.CC(C)C.Cc1ccccc1. The van der Waals surface area contributed by atoms with E-state index in [1.165, 1.54) is 5.56 Å². The smallest absolute Gasteiger partial charge is 0.0457 e. The summed E-state index contributed by atoms with van der Waals surface area (Å²) in [5.74, 6) is 0.833. The number of benzene rings is 1. The molecule has 0 aliphatic carbocycles. The molecule has 0 spiro atoms. The van der Waals surface area contributed by atoms with Crippen LogP contribution in [0.5, 0.6) is 0 Å². The van der Waals surface area contributed by atoms with Gasteiger partial charge in [-0.25, -0.2) is 0 Å². The molecule has 0 fully saturated rings. The molecule has 0 aliphatic rings. The van der Waals surface area contributed by atoms with Crippen molar-refractivity contribution in [1.82, 2.24) is 4.98 Å². The van der Waals surface area contributed by atoms with E-state index in [0.717, 1.165) is 11.6 Å². The van der Waals surface area contributed by atoms with Crippen LogP contribution in [0, 0.1) is 12.8 Å². The summed E-state index contributed by atoms with van der Waals surface area (Å²) in [4.78, 5) is 4.25. The molecule has 1 nitrogen and oxygen atoms in total. The Morgan fingerprint density at radius 3 is 1.43 bits per heavy atom. The maximum Gasteiger partial charge on any atom is 0.0457 e. The molecule has 0 bridgehead atoms. The molecule has 2 aromatic rings. The quantitative estimate of drug-likeness (QED) is 0.507. The lowest BCUT2D eigenvalue weighted by Gasteiger charge is -2.16. The van der Waals surface area contributed by atoms with Gasteiger partial charge in [0, 0.05) is 17.3 Å². The van der Waals surface area contributed by atoms with Gasteiger partial charge in [0.25, 0.3) is 0 Å². The van der Waals surface area contributed by atoms with Crippen LogP contribution in [0.2, 0.25) is 0 Å². The summed E-state index contributed by atoms with van der Waals surface area (Å²) < 4.78 is 0. The first-order valence-corrected chi connectivity index (χ1v) is 8.66. The third-order valence-electron chi connectivity index (χ3n) is 2.37. The lowest BCUT2D eigenvalue weighted by Crippen LogP contribution is -2.12. The zero-order chi connectivity index (χ0) is 18.3. The average molecular weight is 316 g/mol. The molecular weight excluding hydrogens is 278 g/mol. The van der Waals surface area contributed by atoms with E-state index in [1.54, 1.807) is 0 Å². The highest BCUT2D eigenvalue weighted by Gasteiger charge is 2.13. The Bertz CT molecular complexity index is 450. The average Bonchev–Trinajstić information content (AvgIpc) is 2.50. The number of aryl methyl sites for hydroxylation is 1. The minimum atomic E-state index is 0.182. The minimum absolute atomic E-state index is 0.182. The van der Waals surface area contributed by atoms with Crippen molar-refractivity contribution >= 4 is 0 Å². The van der Waals surface area contributed by atoms with E-state index in [2.05, 4.69) is 71.6 Å². The van der Waals surface area contributed by atoms with Crippen LogP contribution in [0.1, 0.15) is 66.6 Å². The van der Waals surface area contributed by atoms with Crippen molar-refractivity contribution in [3.63, 3.8) is 0 Å². The zero-order valence-electron chi connectivity index (χ0n) is 16.7. The van der Waals surface area contributed by atoms with E-state index in [0.29, 0.717) is 0 Å². The van der Waals surface area contributed by atoms with Crippen LogP contribution in [0.4, 0.5) is 0 Å². The normalized spacial score (nSPS) is 9.48. The van der Waals surface area contributed by atoms with Crippen molar-refractivity contribution in [2.24, 2.45) is 5.92 Å². The first-order valence-electron chi connectivity index (χ1n) is 8.66. The molecule has 0 saturated carbocycles. The van der Waals surface area contributed by atoms with Crippen molar-refractivity contribution in [3.8, 4) is 0 Å². The first kappa shape index (κ1) is 23.6. The van der Waals surface area contributed by atoms with E-state index in [4.69, 9.17) is 0 Å². The summed E-state index contributed by atoms with van der Waals surface area (Å²) in [7, 11) is 0. The Kier molecular flexibility index (Phi) is 14.4. The first-order chi connectivity index (χ1) is 10.7. The summed E-state index contributed by atoms with van der Waals surface area (Å²) in [5, 5.41) is 0. The van der Waals surface area contributed by atoms with Gasteiger partial charge in [-0.15, -0.1) is 0 Å². The molecular formula is C22H37N. The number of aromatic nitrogens is 1. The molecule has 0 radical (unpaired) electrons. The van der Waals surface area contributed by atoms with E-state index in [1.807, 2.05) is 50.4 Å². The van der Waals surface area contributed by atoms with Crippen molar-refractivity contribution in [3.05, 3.63) is 66.0 Å². The van der Waals surface area contributed by atoms with E-state index < -0.39 is 0 Å². The fourth-order valence-electron chi connectivity index (χ4n) is 1.34. The summed E-state index contributed by atoms with van der Waals surface area (Å²) in [6.07, 6.45) is 1.83. The molecule has 0 atom stereocenters. The lowest BCUT2D eigenvalue weighted by molar-refractivity contribution is 0.569. The van der Waals surface area contributed by atoms with Gasteiger partial charge in [0.2, 0.25) is 0 Å². The van der Waals surface area contributed by atoms with Crippen LogP contribution in [0.25, 0.3) is 0 Å². The molecule has 2 rings (SSSR count). The van der Waals surface area contributed by atoms with Crippen molar-refractivity contribution < 1.29 is 0 Å². The second-order valence-corrected chi connectivity index (χ2v) is 6.85. The molecule has 0 amide bonds. The third kappa shape index (κ3) is 16.6. The Balaban J connectivity index is 0. The largest absolute Gasteiger partial charge is 0.261 e. The van der Waals surface area contributed by atoms with Gasteiger partial charge < -0.3 is 0 Å². The topological polar surface area (TPSA) is 12.9 Å². The number of rotatable bonds is 0. The predicted molar refractivity (Wildman–Crippen MR) is 106 cm³/mol. The van der Waals surface area contributed by atoms with Crippen LogP contribution in [-0.4, -0.2) is 4.98 Å². The number of pyridine rings is 1. The predicted octanol–water partition coefficient (Wildman–Crippen LogP) is 7.06. The van der Waals surface area contributed by atoms with Gasteiger partial charge in [0.1, 0.15) is 0 Å². The number of hydrogen-bond acceptors (Lipinski definition) is 1. The highest BCUT2D eigenvalue weighted by molar-refractivity contribution is 5.12. The van der Waals surface area contributed by atoms with E-state index >= 15 is 0 Å². The molecule has 0 aliphatic heterocycles. The number of hydrogen-bond donors (Lipinski definition) is 0. The Hall–Kier alpha value is -1.63. The molecule has 0 N–H and O–H groups in total. The minimum Gasteiger partial charge on any atom is -0.261 e. The zero-order valence-corrected chi connectivity index (χ0v) is 16.7. The fourth-order valence-corrected chi connectivity index (χ4v) is 1.34. The standard InChI is InChI=1S/C9H13N.C7H8.C4H10.C2H6/c1-9(2,3)8-6-4-5-7-10-8;1-7-5-3-2-4-6-7;1-4(2)3;1-2/h4-7H,1-3H3;2-6H,1H3;4H,1-3H3;1-2H3. The van der Waals surface area contributed by atoms with Crippen LogP contribution in [0.3, 0.4) is 0 Å². The van der Waals surface area contributed by atoms with Gasteiger partial charge in [-0.05, 0) is 25.0 Å². The molecule has 130 valence electrons. The second kappa shape index (κ2) is 14.0. The van der Waals surface area contributed by atoms with Gasteiger partial charge in [-0.1, -0.05) is 97.4 Å². The maximum absolute atomic E-state index is 4.25. The fraction of sp³-hybridized carbons (Fsp3) is 0.500. The molecule has 1 heteroatoms. The second-order valence-electron chi connectivity index (χ2n) is 6.85. The van der Waals surface area contributed by atoms with E-state index in [-0.39, 0.29) is 5.41 Å². The van der Waals surface area contributed by atoms with Gasteiger partial charge >= 0.3 is 0 Å². The molecule has 0 saturated heterocycles. The summed E-state index contributed by atoms with van der Waals surface area (Å²) in [5.41, 5.74) is 2.65. The Morgan fingerprint density at radius 1 is 0.783 bits per heavy atom. The third-order valence-corrected chi connectivity index (χ3v) is 2.37. The van der Waals surface area contributed by atoms with Crippen molar-refractivity contribution in [2.45, 2.75) is 67.7 Å². The van der Waals surface area contributed by atoms with Crippen molar-refractivity contribution in [1.29, 1.82) is 0 Å². The molecule has 1 aromatic heterocycles. The van der Waals surface area contributed by atoms with Gasteiger partial charge in [-0.2, -0.15) is 0 Å². The van der Waals surface area contributed by atoms with E-state index in [9.17, 15) is 0 Å². The molecule has 0 unspecified atom stereocenters. The Labute approximate surface area is 145 Å². The maximum atomic E-state index is 4.25. The van der Waals surface area contributed by atoms with Crippen LogP contribution in [-0.2, 0) is 5.41 Å². The highest BCUT2D eigenvalue weighted by atomic mass is 14.7. The highest BCUT2D eigenvalue weighted by Crippen LogP contribution is 2.18. The van der Waals surface area contributed by atoms with Crippen LogP contribution >= 0.6 is 0 Å².